The number of guanidine groups is 1. The fourth-order valence-corrected chi connectivity index (χ4v) is 5.50. The number of aliphatic carboxylic acids is 1. The van der Waals surface area contributed by atoms with Gasteiger partial charge in [0.2, 0.25) is 0 Å². The summed E-state index contributed by atoms with van der Waals surface area (Å²) in [6.07, 6.45) is -13.3. The second-order valence-electron chi connectivity index (χ2n) is 12.8. The summed E-state index contributed by atoms with van der Waals surface area (Å²) in [7, 11) is 0. The van der Waals surface area contributed by atoms with Crippen LogP contribution in [0, 0.1) is 11.3 Å². The zero-order chi connectivity index (χ0) is 36.1. The van der Waals surface area contributed by atoms with Crippen LogP contribution in [0.15, 0.2) is 47.5 Å². The molecule has 0 spiro atoms. The minimum atomic E-state index is -5.19. The number of amides is 1. The number of aliphatic imine (C=N–C) groups is 1. The molecule has 2 aromatic rings. The molecule has 1 fully saturated rings. The lowest BCUT2D eigenvalue weighted by Gasteiger charge is -2.42. The smallest absolute Gasteiger partial charge is 0.416 e. The summed E-state index contributed by atoms with van der Waals surface area (Å²) >= 11 is 0. The number of alkyl halides is 9. The first-order chi connectivity index (χ1) is 22.0. The Hall–Kier alpha value is -3.98. The number of rotatable bonds is 9. The molecule has 3 N–H and O–H groups in total. The number of carbonyl (C=O) groups excluding carboxylic acids is 1. The molecule has 0 atom stereocenters. The van der Waals surface area contributed by atoms with Crippen molar-refractivity contribution >= 4 is 23.5 Å². The summed E-state index contributed by atoms with van der Waals surface area (Å²) in [6.45, 7) is 4.12. The minimum absolute atomic E-state index is 0.0752. The second kappa shape index (κ2) is 15.1. The van der Waals surface area contributed by atoms with Gasteiger partial charge in [-0.2, -0.15) is 39.5 Å². The first-order valence-electron chi connectivity index (χ1n) is 15.1. The minimum Gasteiger partial charge on any atom is -0.481 e. The Morgan fingerprint density at radius 1 is 0.854 bits per heavy atom. The van der Waals surface area contributed by atoms with Crippen molar-refractivity contribution in [2.24, 2.45) is 16.3 Å². The summed E-state index contributed by atoms with van der Waals surface area (Å²) in [5, 5.41) is 13.6. The van der Waals surface area contributed by atoms with Crippen molar-refractivity contribution in [2.75, 3.05) is 18.4 Å². The lowest BCUT2D eigenvalue weighted by Crippen LogP contribution is -2.46. The average molecular weight is 697 g/mol. The van der Waals surface area contributed by atoms with E-state index >= 15 is 0 Å². The molecule has 1 saturated carbocycles. The van der Waals surface area contributed by atoms with Gasteiger partial charge in [-0.3, -0.25) is 9.59 Å². The number of carbonyl (C=O) groups is 2. The first kappa shape index (κ1) is 38.5. The first-order valence-corrected chi connectivity index (χ1v) is 15.1. The van der Waals surface area contributed by atoms with Crippen molar-refractivity contribution in [1.82, 2.24) is 10.2 Å². The Balaban J connectivity index is 2.04. The number of anilines is 1. The van der Waals surface area contributed by atoms with Crippen LogP contribution >= 0.6 is 0 Å². The SMILES string of the molecule is CC(C)(C)C1CCC(N(Cc2ccc(C(=O)NCCC(=O)O)cc2)C(=NCC(F)(F)F)Nc2cc(C(F)(F)F)cc(C(F)(F)F)c2)CC1. The van der Waals surface area contributed by atoms with E-state index in [9.17, 15) is 49.1 Å². The maximum Gasteiger partial charge on any atom is 0.416 e. The highest BCUT2D eigenvalue weighted by Gasteiger charge is 2.38. The molecule has 0 aromatic heterocycles. The topological polar surface area (TPSA) is 94.0 Å². The summed E-state index contributed by atoms with van der Waals surface area (Å²) in [4.78, 5) is 28.2. The van der Waals surface area contributed by atoms with Gasteiger partial charge >= 0.3 is 24.5 Å². The third-order valence-electron chi connectivity index (χ3n) is 8.08. The van der Waals surface area contributed by atoms with Gasteiger partial charge in [0, 0.05) is 30.4 Å². The monoisotopic (exact) mass is 696 g/mol. The van der Waals surface area contributed by atoms with Crippen molar-refractivity contribution < 1.29 is 54.2 Å². The van der Waals surface area contributed by atoms with E-state index in [0.29, 0.717) is 43.4 Å². The molecule has 0 saturated heterocycles. The van der Waals surface area contributed by atoms with Crippen LogP contribution < -0.4 is 10.6 Å². The molecule has 3 rings (SSSR count). The standard InChI is InChI=1S/C32H37F9N4O3/c1-29(2,3)21-8-10-25(11-9-21)45(17-19-4-6-20(7-5-19)27(48)42-13-12-26(46)47)28(43-18-30(33,34)35)44-24-15-22(31(36,37)38)14-23(16-24)32(39,40)41/h4-7,14-16,21,25H,8-13,17-18H2,1-3H3,(H,42,48)(H,43,44)(H,46,47). The third-order valence-corrected chi connectivity index (χ3v) is 8.08. The van der Waals surface area contributed by atoms with E-state index in [0.717, 1.165) is 0 Å². The van der Waals surface area contributed by atoms with Crippen molar-refractivity contribution in [1.29, 1.82) is 0 Å². The number of carboxylic acids is 1. The van der Waals surface area contributed by atoms with Crippen LogP contribution in [0.3, 0.4) is 0 Å². The summed E-state index contributed by atoms with van der Waals surface area (Å²) in [5.74, 6) is -1.98. The van der Waals surface area contributed by atoms with E-state index in [4.69, 9.17) is 5.11 Å². The van der Waals surface area contributed by atoms with E-state index < -0.39 is 65.8 Å². The Morgan fingerprint density at radius 3 is 1.85 bits per heavy atom. The van der Waals surface area contributed by atoms with Crippen LogP contribution in [-0.4, -0.2) is 53.2 Å². The van der Waals surface area contributed by atoms with Gasteiger partial charge < -0.3 is 20.6 Å². The largest absolute Gasteiger partial charge is 0.481 e. The number of halogens is 9. The molecule has 2 aromatic carbocycles. The van der Waals surface area contributed by atoms with Crippen LogP contribution in [0.1, 0.15) is 79.9 Å². The zero-order valence-corrected chi connectivity index (χ0v) is 26.4. The Morgan fingerprint density at radius 2 is 1.40 bits per heavy atom. The van der Waals surface area contributed by atoms with Crippen molar-refractivity contribution in [2.45, 2.75) is 84.0 Å². The summed E-state index contributed by atoms with van der Waals surface area (Å²) < 4.78 is 122. The van der Waals surface area contributed by atoms with Crippen molar-refractivity contribution in [3.63, 3.8) is 0 Å². The van der Waals surface area contributed by atoms with E-state index in [1.165, 1.54) is 29.2 Å². The van der Waals surface area contributed by atoms with E-state index in [1.807, 2.05) is 0 Å². The molecule has 7 nitrogen and oxygen atoms in total. The number of hydrogen-bond acceptors (Lipinski definition) is 3. The Bertz CT molecular complexity index is 1410. The maximum atomic E-state index is 13.6. The molecule has 1 aliphatic carbocycles. The quantitative estimate of drug-likeness (QED) is 0.139. The van der Waals surface area contributed by atoms with Gasteiger partial charge in [0.1, 0.15) is 6.54 Å². The summed E-state index contributed by atoms with van der Waals surface area (Å²) in [5.41, 5.74) is -3.51. The van der Waals surface area contributed by atoms with Crippen molar-refractivity contribution in [3.05, 3.63) is 64.7 Å². The van der Waals surface area contributed by atoms with Gasteiger partial charge in [-0.1, -0.05) is 32.9 Å². The van der Waals surface area contributed by atoms with E-state index in [2.05, 4.69) is 36.4 Å². The predicted molar refractivity (Wildman–Crippen MR) is 160 cm³/mol. The fourth-order valence-electron chi connectivity index (χ4n) is 5.50. The molecule has 0 bridgehead atoms. The van der Waals surface area contributed by atoms with Crippen LogP contribution in [-0.2, 0) is 23.7 Å². The highest BCUT2D eigenvalue weighted by molar-refractivity contribution is 5.95. The number of hydrogen-bond donors (Lipinski definition) is 3. The molecular formula is C32H37F9N4O3. The third kappa shape index (κ3) is 11.6. The van der Waals surface area contributed by atoms with Gasteiger partial charge in [-0.15, -0.1) is 0 Å². The molecule has 0 radical (unpaired) electrons. The van der Waals surface area contributed by atoms with Gasteiger partial charge in [0.25, 0.3) is 5.91 Å². The van der Waals surface area contributed by atoms with Crippen LogP contribution in [0.4, 0.5) is 45.2 Å². The molecular weight excluding hydrogens is 659 g/mol. The van der Waals surface area contributed by atoms with Crippen LogP contribution in [0.25, 0.3) is 0 Å². The van der Waals surface area contributed by atoms with E-state index in [1.54, 1.807) is 0 Å². The molecule has 266 valence electrons. The van der Waals surface area contributed by atoms with Gasteiger partial charge in [0.05, 0.1) is 17.5 Å². The molecule has 0 aliphatic heterocycles. The lowest BCUT2D eigenvalue weighted by atomic mass is 9.71. The number of nitrogens with one attached hydrogen (secondary N) is 2. The van der Waals surface area contributed by atoms with Gasteiger partial charge in [0.15, 0.2) is 5.96 Å². The van der Waals surface area contributed by atoms with Crippen LogP contribution in [0.5, 0.6) is 0 Å². The highest BCUT2D eigenvalue weighted by Crippen LogP contribution is 2.40. The maximum absolute atomic E-state index is 13.6. The molecule has 0 heterocycles. The lowest BCUT2D eigenvalue weighted by molar-refractivity contribution is -0.143. The molecule has 16 heteroatoms. The second-order valence-corrected chi connectivity index (χ2v) is 12.8. The fraction of sp³-hybridized carbons (Fsp3) is 0.531. The summed E-state index contributed by atoms with van der Waals surface area (Å²) in [6, 6.07) is 5.99. The van der Waals surface area contributed by atoms with Crippen molar-refractivity contribution in [3.8, 4) is 0 Å². The highest BCUT2D eigenvalue weighted by atomic mass is 19.4. The van der Waals surface area contributed by atoms with Crippen LogP contribution in [0.2, 0.25) is 0 Å². The Labute approximate surface area is 271 Å². The number of nitrogens with zero attached hydrogens (tertiary/aromatic N) is 2. The molecule has 48 heavy (non-hydrogen) atoms. The molecule has 1 aliphatic rings. The molecule has 0 unspecified atom stereocenters. The normalized spacial score (nSPS) is 18.0. The van der Waals surface area contributed by atoms with Gasteiger partial charge in [-0.25, -0.2) is 4.99 Å². The molecule has 1 amide bonds. The number of carboxylic acid groups (broad SMARTS) is 1. The Kier molecular flexibility index (Phi) is 12.1. The van der Waals surface area contributed by atoms with E-state index in [-0.39, 0.29) is 42.5 Å². The average Bonchev–Trinajstić information content (AvgIpc) is 2.96. The zero-order valence-electron chi connectivity index (χ0n) is 26.4. The predicted octanol–water partition coefficient (Wildman–Crippen LogP) is 8.37. The van der Waals surface area contributed by atoms with Gasteiger partial charge in [-0.05, 0) is 72.9 Å². The number of benzene rings is 2.